The van der Waals surface area contributed by atoms with Gasteiger partial charge in [-0.1, -0.05) is 58.3 Å². The van der Waals surface area contributed by atoms with E-state index in [9.17, 15) is 46.0 Å². The van der Waals surface area contributed by atoms with Crippen LogP contribution in [0.15, 0.2) is 0 Å². The predicted molar refractivity (Wildman–Crippen MR) is 125 cm³/mol. The van der Waals surface area contributed by atoms with E-state index in [4.69, 9.17) is 0 Å². The lowest BCUT2D eigenvalue weighted by molar-refractivity contribution is -0.173. The topological polar surface area (TPSA) is 182 Å². The lowest BCUT2D eigenvalue weighted by Crippen LogP contribution is -2.56. The van der Waals surface area contributed by atoms with Crippen LogP contribution < -0.4 is 0 Å². The van der Waals surface area contributed by atoms with Crippen molar-refractivity contribution in [3.8, 4) is 0 Å². The zero-order chi connectivity index (χ0) is 25.3. The number of rotatable bonds is 22. The molecule has 0 aliphatic rings. The molecule has 0 spiro atoms. The summed E-state index contributed by atoms with van der Waals surface area (Å²) >= 11 is 0. The molecule has 4 unspecified atom stereocenters. The van der Waals surface area contributed by atoms with Crippen LogP contribution in [0.25, 0.3) is 0 Å². The van der Waals surface area contributed by atoms with Gasteiger partial charge in [-0.2, -0.15) is 0 Å². The summed E-state index contributed by atoms with van der Waals surface area (Å²) in [6.07, 6.45) is 2.30. The molecule has 0 fully saturated rings. The van der Waals surface area contributed by atoms with Gasteiger partial charge in [0.25, 0.3) is 0 Å². The van der Waals surface area contributed by atoms with Crippen LogP contribution in [0.4, 0.5) is 0 Å². The van der Waals surface area contributed by atoms with E-state index in [0.29, 0.717) is 12.8 Å². The predicted octanol–water partition coefficient (Wildman–Crippen LogP) is 0.208. The second-order valence-corrected chi connectivity index (χ2v) is 9.70. The standard InChI is InChI=1S/C24H50O9/c1-2-3-4-5-6-7-8-9-10-23(11-19(29)15-25,12-20(30)16-26)24(33,13-21(31)17-27)14-22(32)18-28/h19-22,25-33H,2-18H2,1H3. The Morgan fingerprint density at radius 1 is 0.515 bits per heavy atom. The van der Waals surface area contributed by atoms with Gasteiger partial charge in [-0.3, -0.25) is 0 Å². The van der Waals surface area contributed by atoms with E-state index in [2.05, 4.69) is 6.92 Å². The monoisotopic (exact) mass is 482 g/mol. The third-order valence-electron chi connectivity index (χ3n) is 6.74. The highest BCUT2D eigenvalue weighted by Gasteiger charge is 2.52. The molecule has 0 aliphatic heterocycles. The number of unbranched alkanes of at least 4 members (excludes halogenated alkanes) is 7. The Morgan fingerprint density at radius 3 is 1.21 bits per heavy atom. The molecule has 4 atom stereocenters. The van der Waals surface area contributed by atoms with Gasteiger partial charge in [0, 0.05) is 18.3 Å². The summed E-state index contributed by atoms with van der Waals surface area (Å²) in [5, 5.41) is 90.5. The third kappa shape index (κ3) is 12.2. The summed E-state index contributed by atoms with van der Waals surface area (Å²) in [5.74, 6) is 0. The molecule has 0 aliphatic carbocycles. The molecule has 0 saturated carbocycles. The van der Waals surface area contributed by atoms with Gasteiger partial charge in [0.2, 0.25) is 0 Å². The van der Waals surface area contributed by atoms with Crippen molar-refractivity contribution < 1.29 is 46.0 Å². The minimum atomic E-state index is -1.90. The fourth-order valence-electron chi connectivity index (χ4n) is 4.95. The summed E-state index contributed by atoms with van der Waals surface area (Å²) in [6, 6.07) is 0. The van der Waals surface area contributed by atoms with Gasteiger partial charge >= 0.3 is 0 Å². The summed E-state index contributed by atoms with van der Waals surface area (Å²) in [7, 11) is 0. The Balaban J connectivity index is 5.83. The Labute approximate surface area is 198 Å². The zero-order valence-corrected chi connectivity index (χ0v) is 20.4. The maximum Gasteiger partial charge on any atom is 0.0798 e. The maximum atomic E-state index is 11.8. The van der Waals surface area contributed by atoms with Crippen LogP contribution in [0, 0.1) is 5.41 Å². The third-order valence-corrected chi connectivity index (χ3v) is 6.74. The van der Waals surface area contributed by atoms with Crippen LogP contribution in [0.1, 0.15) is 90.4 Å². The van der Waals surface area contributed by atoms with Crippen LogP contribution in [0.5, 0.6) is 0 Å². The molecule has 0 aromatic rings. The maximum absolute atomic E-state index is 11.8. The fourth-order valence-corrected chi connectivity index (χ4v) is 4.95. The van der Waals surface area contributed by atoms with Gasteiger partial charge in [-0.25, -0.2) is 0 Å². The SMILES string of the molecule is CCCCCCCCCCC(CC(O)CO)(CC(O)CO)C(O)(CC(O)CO)CC(O)CO. The van der Waals surface area contributed by atoms with Crippen LogP contribution in [0.2, 0.25) is 0 Å². The number of aliphatic hydroxyl groups is 9. The van der Waals surface area contributed by atoms with Crippen molar-refractivity contribution in [2.24, 2.45) is 5.41 Å². The molecule has 9 heteroatoms. The molecule has 0 aromatic carbocycles. The lowest BCUT2D eigenvalue weighted by atomic mass is 9.59. The first-order valence-electron chi connectivity index (χ1n) is 12.5. The van der Waals surface area contributed by atoms with Gasteiger partial charge in [0.15, 0.2) is 0 Å². The zero-order valence-electron chi connectivity index (χ0n) is 20.4. The quantitative estimate of drug-likeness (QED) is 0.0974. The first-order valence-corrected chi connectivity index (χ1v) is 12.5. The smallest absolute Gasteiger partial charge is 0.0798 e. The average molecular weight is 483 g/mol. The Kier molecular flexibility index (Phi) is 17.8. The van der Waals surface area contributed by atoms with Gasteiger partial charge in [0.05, 0.1) is 56.4 Å². The minimum Gasteiger partial charge on any atom is -0.394 e. The molecule has 0 saturated heterocycles. The molecule has 9 N–H and O–H groups in total. The highest BCUT2D eigenvalue weighted by molar-refractivity contribution is 5.03. The Morgan fingerprint density at radius 2 is 0.848 bits per heavy atom. The van der Waals surface area contributed by atoms with Gasteiger partial charge in [-0.05, 0) is 19.3 Å². The van der Waals surface area contributed by atoms with Gasteiger partial charge < -0.3 is 46.0 Å². The molecule has 0 rings (SSSR count). The first kappa shape index (κ1) is 32.6. The second-order valence-electron chi connectivity index (χ2n) is 9.70. The van der Waals surface area contributed by atoms with Crippen molar-refractivity contribution in [1.82, 2.24) is 0 Å². The van der Waals surface area contributed by atoms with E-state index in [0.717, 1.165) is 25.7 Å². The van der Waals surface area contributed by atoms with Gasteiger partial charge in [0.1, 0.15) is 0 Å². The number of hydrogen-bond acceptors (Lipinski definition) is 9. The van der Waals surface area contributed by atoms with Crippen LogP contribution in [0.3, 0.4) is 0 Å². The second kappa shape index (κ2) is 18.0. The molecule has 33 heavy (non-hydrogen) atoms. The van der Waals surface area contributed by atoms with Crippen LogP contribution in [-0.4, -0.2) is 102 Å². The largest absolute Gasteiger partial charge is 0.394 e. The molecular weight excluding hydrogens is 432 g/mol. The summed E-state index contributed by atoms with van der Waals surface area (Å²) in [6.45, 7) is -0.304. The average Bonchev–Trinajstić information content (AvgIpc) is 2.79. The highest BCUT2D eigenvalue weighted by Crippen LogP contribution is 2.50. The van der Waals surface area contributed by atoms with Crippen molar-refractivity contribution in [3.63, 3.8) is 0 Å². The molecule has 200 valence electrons. The normalized spacial score (nSPS) is 19.5. The molecule has 0 amide bonds. The summed E-state index contributed by atoms with van der Waals surface area (Å²) in [5.41, 5.74) is -3.20. The minimum absolute atomic E-state index is 0.149. The van der Waals surface area contributed by atoms with Crippen molar-refractivity contribution in [3.05, 3.63) is 0 Å². The van der Waals surface area contributed by atoms with E-state index in [1.54, 1.807) is 0 Å². The summed E-state index contributed by atoms with van der Waals surface area (Å²) in [4.78, 5) is 0. The van der Waals surface area contributed by atoms with Gasteiger partial charge in [-0.15, -0.1) is 0 Å². The molecule has 0 radical (unpaired) electrons. The fraction of sp³-hybridized carbons (Fsp3) is 1.00. The van der Waals surface area contributed by atoms with E-state index in [1.807, 2.05) is 0 Å². The highest BCUT2D eigenvalue weighted by atomic mass is 16.3. The van der Waals surface area contributed by atoms with Crippen molar-refractivity contribution in [1.29, 1.82) is 0 Å². The van der Waals surface area contributed by atoms with E-state index in [1.165, 1.54) is 19.3 Å². The van der Waals surface area contributed by atoms with Crippen molar-refractivity contribution >= 4 is 0 Å². The number of hydrogen-bond donors (Lipinski definition) is 9. The number of aliphatic hydroxyl groups excluding tert-OH is 8. The molecule has 9 nitrogen and oxygen atoms in total. The van der Waals surface area contributed by atoms with Crippen molar-refractivity contribution in [2.75, 3.05) is 26.4 Å². The van der Waals surface area contributed by atoms with Crippen molar-refractivity contribution in [2.45, 2.75) is 120 Å². The van der Waals surface area contributed by atoms with E-state index in [-0.39, 0.29) is 25.7 Å². The first-order chi connectivity index (χ1) is 15.6. The molecule has 0 aromatic heterocycles. The Hall–Kier alpha value is -0.360. The molecule has 0 bridgehead atoms. The van der Waals surface area contributed by atoms with Crippen LogP contribution >= 0.6 is 0 Å². The molecular formula is C24H50O9. The van der Waals surface area contributed by atoms with E-state index >= 15 is 0 Å². The lowest BCUT2D eigenvalue weighted by Gasteiger charge is -2.51. The van der Waals surface area contributed by atoms with E-state index < -0.39 is 61.9 Å². The van der Waals surface area contributed by atoms with Crippen LogP contribution in [-0.2, 0) is 0 Å². The Bertz CT molecular complexity index is 439. The molecule has 0 heterocycles. The summed E-state index contributed by atoms with van der Waals surface area (Å²) < 4.78 is 0.